The second-order valence-electron chi connectivity index (χ2n) is 3.74. The highest BCUT2D eigenvalue weighted by Crippen LogP contribution is 2.05. The molecule has 0 aliphatic rings. The maximum atomic E-state index is 11.2. The predicted molar refractivity (Wildman–Crippen MR) is 55.0 cm³/mol. The fourth-order valence-corrected chi connectivity index (χ4v) is 1.32. The average Bonchev–Trinajstić information content (AvgIpc) is 2.15. The highest BCUT2D eigenvalue weighted by atomic mass is 16.5. The van der Waals surface area contributed by atoms with Crippen LogP contribution in [0.5, 0.6) is 0 Å². The molecule has 0 spiro atoms. The van der Waals surface area contributed by atoms with Crippen molar-refractivity contribution in [3.63, 3.8) is 0 Å². The lowest BCUT2D eigenvalue weighted by Gasteiger charge is -2.27. The molecule has 0 saturated carbocycles. The zero-order valence-corrected chi connectivity index (χ0v) is 9.49. The second kappa shape index (κ2) is 6.79. The smallest absolute Gasteiger partial charge is 0.309 e. The summed E-state index contributed by atoms with van der Waals surface area (Å²) in [5, 5.41) is 8.84. The molecule has 0 bridgehead atoms. The van der Waals surface area contributed by atoms with Crippen LogP contribution >= 0.6 is 0 Å². The molecule has 0 aromatic rings. The molecule has 0 aromatic heterocycles. The summed E-state index contributed by atoms with van der Waals surface area (Å²) in [6, 6.07) is 0.328. The van der Waals surface area contributed by atoms with Crippen LogP contribution in [-0.2, 0) is 9.53 Å². The van der Waals surface area contributed by atoms with Gasteiger partial charge in [-0.05, 0) is 13.8 Å². The van der Waals surface area contributed by atoms with E-state index in [2.05, 4.69) is 9.64 Å². The van der Waals surface area contributed by atoms with Crippen molar-refractivity contribution in [2.75, 3.05) is 26.8 Å². The number of carbonyl (C=O) groups excluding carboxylic acids is 1. The Morgan fingerprint density at radius 3 is 2.36 bits per heavy atom. The molecular formula is C10H21NO3. The minimum atomic E-state index is -0.200. The van der Waals surface area contributed by atoms with E-state index in [9.17, 15) is 4.79 Å². The second-order valence-corrected chi connectivity index (χ2v) is 3.74. The molecule has 0 heterocycles. The Labute approximate surface area is 85.9 Å². The normalized spacial score (nSPS) is 13.4. The van der Waals surface area contributed by atoms with Gasteiger partial charge in [0.25, 0.3) is 0 Å². The van der Waals surface area contributed by atoms with E-state index >= 15 is 0 Å². The number of rotatable bonds is 6. The molecule has 0 aliphatic carbocycles. The molecule has 14 heavy (non-hydrogen) atoms. The SMILES string of the molecule is COC(=O)C(C)CN(CCO)C(C)C. The first-order valence-electron chi connectivity index (χ1n) is 4.95. The molecule has 1 N–H and O–H groups in total. The van der Waals surface area contributed by atoms with Crippen molar-refractivity contribution >= 4 is 5.97 Å². The van der Waals surface area contributed by atoms with E-state index < -0.39 is 0 Å². The Hall–Kier alpha value is -0.610. The number of hydrogen-bond donors (Lipinski definition) is 1. The Kier molecular flexibility index (Phi) is 6.49. The summed E-state index contributed by atoms with van der Waals surface area (Å²) in [5.41, 5.74) is 0. The van der Waals surface area contributed by atoms with Crippen molar-refractivity contribution in [2.45, 2.75) is 26.8 Å². The van der Waals surface area contributed by atoms with Crippen molar-refractivity contribution in [3.8, 4) is 0 Å². The number of aliphatic hydroxyl groups is 1. The van der Waals surface area contributed by atoms with Crippen molar-refractivity contribution in [2.24, 2.45) is 5.92 Å². The minimum absolute atomic E-state index is 0.117. The summed E-state index contributed by atoms with van der Waals surface area (Å²) in [5.74, 6) is -0.345. The van der Waals surface area contributed by atoms with Crippen LogP contribution in [0, 0.1) is 5.92 Å². The summed E-state index contributed by atoms with van der Waals surface area (Å²) >= 11 is 0. The maximum absolute atomic E-state index is 11.2. The highest BCUT2D eigenvalue weighted by Gasteiger charge is 2.18. The molecule has 4 heteroatoms. The predicted octanol–water partition coefficient (Wildman–Crippen LogP) is 0.498. The molecule has 0 fully saturated rings. The summed E-state index contributed by atoms with van der Waals surface area (Å²) in [4.78, 5) is 13.2. The van der Waals surface area contributed by atoms with Gasteiger partial charge in [-0.25, -0.2) is 0 Å². The largest absolute Gasteiger partial charge is 0.469 e. The quantitative estimate of drug-likeness (QED) is 0.639. The standard InChI is InChI=1S/C10H21NO3/c1-8(2)11(5-6-12)7-9(3)10(13)14-4/h8-9,12H,5-7H2,1-4H3. The summed E-state index contributed by atoms with van der Waals surface area (Å²) in [6.07, 6.45) is 0. The van der Waals surface area contributed by atoms with Crippen LogP contribution in [0.25, 0.3) is 0 Å². The Bertz CT molecular complexity index is 171. The van der Waals surface area contributed by atoms with Gasteiger partial charge in [-0.15, -0.1) is 0 Å². The number of esters is 1. The number of methoxy groups -OCH3 is 1. The number of hydrogen-bond acceptors (Lipinski definition) is 4. The van der Waals surface area contributed by atoms with E-state index in [4.69, 9.17) is 5.11 Å². The molecular weight excluding hydrogens is 182 g/mol. The summed E-state index contributed by atoms with van der Waals surface area (Å²) in [6.45, 7) is 7.26. The van der Waals surface area contributed by atoms with Crippen LogP contribution in [0.3, 0.4) is 0 Å². The lowest BCUT2D eigenvalue weighted by molar-refractivity contribution is -0.145. The Balaban J connectivity index is 4.08. The van der Waals surface area contributed by atoms with Crippen molar-refractivity contribution in [1.82, 2.24) is 4.90 Å². The fraction of sp³-hybridized carbons (Fsp3) is 0.900. The van der Waals surface area contributed by atoms with E-state index in [1.165, 1.54) is 7.11 Å². The van der Waals surface area contributed by atoms with Crippen LogP contribution in [0.4, 0.5) is 0 Å². The average molecular weight is 203 g/mol. The Morgan fingerprint density at radius 1 is 1.43 bits per heavy atom. The van der Waals surface area contributed by atoms with Crippen molar-refractivity contribution in [3.05, 3.63) is 0 Å². The third-order valence-corrected chi connectivity index (χ3v) is 2.23. The minimum Gasteiger partial charge on any atom is -0.469 e. The molecule has 84 valence electrons. The van der Waals surface area contributed by atoms with Gasteiger partial charge >= 0.3 is 5.97 Å². The summed E-state index contributed by atoms with van der Waals surface area (Å²) in [7, 11) is 1.39. The van der Waals surface area contributed by atoms with Gasteiger partial charge in [0.2, 0.25) is 0 Å². The van der Waals surface area contributed by atoms with Gasteiger partial charge in [-0.3, -0.25) is 9.69 Å². The fourth-order valence-electron chi connectivity index (χ4n) is 1.32. The van der Waals surface area contributed by atoms with Gasteiger partial charge in [-0.1, -0.05) is 6.92 Å². The lowest BCUT2D eigenvalue weighted by atomic mass is 10.1. The number of aliphatic hydroxyl groups excluding tert-OH is 1. The molecule has 0 aromatic carbocycles. The molecule has 0 amide bonds. The van der Waals surface area contributed by atoms with Gasteiger partial charge in [-0.2, -0.15) is 0 Å². The first-order chi connectivity index (χ1) is 6.52. The number of carbonyl (C=O) groups is 1. The van der Waals surface area contributed by atoms with E-state index in [0.717, 1.165) is 0 Å². The van der Waals surface area contributed by atoms with Gasteiger partial charge in [0, 0.05) is 19.1 Å². The topological polar surface area (TPSA) is 49.8 Å². The van der Waals surface area contributed by atoms with Gasteiger partial charge in [0.15, 0.2) is 0 Å². The monoisotopic (exact) mass is 203 g/mol. The first-order valence-corrected chi connectivity index (χ1v) is 4.95. The van der Waals surface area contributed by atoms with E-state index in [1.54, 1.807) is 0 Å². The number of ether oxygens (including phenoxy) is 1. The van der Waals surface area contributed by atoms with Crippen molar-refractivity contribution in [1.29, 1.82) is 0 Å². The van der Waals surface area contributed by atoms with Crippen molar-refractivity contribution < 1.29 is 14.6 Å². The summed E-state index contributed by atoms with van der Waals surface area (Å²) < 4.78 is 4.64. The van der Waals surface area contributed by atoms with Crippen LogP contribution < -0.4 is 0 Å². The number of nitrogens with zero attached hydrogens (tertiary/aromatic N) is 1. The third-order valence-electron chi connectivity index (χ3n) is 2.23. The molecule has 0 radical (unpaired) electrons. The van der Waals surface area contributed by atoms with Crippen LogP contribution in [0.1, 0.15) is 20.8 Å². The highest BCUT2D eigenvalue weighted by molar-refractivity contribution is 5.72. The zero-order valence-electron chi connectivity index (χ0n) is 9.49. The third kappa shape index (κ3) is 4.58. The lowest BCUT2D eigenvalue weighted by Crippen LogP contribution is -2.39. The van der Waals surface area contributed by atoms with E-state index in [-0.39, 0.29) is 18.5 Å². The first kappa shape index (κ1) is 13.4. The molecule has 0 saturated heterocycles. The molecule has 1 unspecified atom stereocenters. The van der Waals surface area contributed by atoms with Gasteiger partial charge in [0.1, 0.15) is 0 Å². The maximum Gasteiger partial charge on any atom is 0.309 e. The van der Waals surface area contributed by atoms with Crippen LogP contribution in [-0.4, -0.2) is 48.8 Å². The molecule has 1 atom stereocenters. The van der Waals surface area contributed by atoms with E-state index in [1.807, 2.05) is 20.8 Å². The van der Waals surface area contributed by atoms with E-state index in [0.29, 0.717) is 19.1 Å². The zero-order chi connectivity index (χ0) is 11.1. The Morgan fingerprint density at radius 2 is 2.00 bits per heavy atom. The van der Waals surface area contributed by atoms with Crippen LogP contribution in [0.15, 0.2) is 0 Å². The van der Waals surface area contributed by atoms with Gasteiger partial charge in [0.05, 0.1) is 19.6 Å². The molecule has 4 nitrogen and oxygen atoms in total. The molecule has 0 rings (SSSR count). The van der Waals surface area contributed by atoms with Gasteiger partial charge < -0.3 is 9.84 Å². The van der Waals surface area contributed by atoms with Crippen LogP contribution in [0.2, 0.25) is 0 Å². The molecule has 0 aliphatic heterocycles.